The van der Waals surface area contributed by atoms with Gasteiger partial charge in [0.15, 0.2) is 11.5 Å². The summed E-state index contributed by atoms with van der Waals surface area (Å²) in [6.45, 7) is 4.51. The van der Waals surface area contributed by atoms with Crippen LogP contribution in [-0.4, -0.2) is 34.5 Å². The largest absolute Gasteiger partial charge is 0.493 e. The van der Waals surface area contributed by atoms with Crippen molar-refractivity contribution < 1.29 is 19.0 Å². The quantitative estimate of drug-likeness (QED) is 0.283. The zero-order valence-electron chi connectivity index (χ0n) is 19.7. The molecule has 1 N–H and O–H groups in total. The van der Waals surface area contributed by atoms with Gasteiger partial charge >= 0.3 is 5.97 Å². The summed E-state index contributed by atoms with van der Waals surface area (Å²) in [4.78, 5) is 17.3. The molecule has 1 unspecified atom stereocenters. The summed E-state index contributed by atoms with van der Waals surface area (Å²) in [5, 5.41) is 8.44. The van der Waals surface area contributed by atoms with Crippen molar-refractivity contribution >= 4 is 35.1 Å². The Balaban J connectivity index is 1.63. The van der Waals surface area contributed by atoms with Crippen LogP contribution in [0, 0.1) is 0 Å². The van der Waals surface area contributed by atoms with Crippen molar-refractivity contribution in [2.24, 2.45) is 0 Å². The van der Waals surface area contributed by atoms with E-state index < -0.39 is 12.0 Å². The number of fused-ring (bicyclic) bond motifs is 1. The van der Waals surface area contributed by atoms with Gasteiger partial charge in [-0.05, 0) is 48.7 Å². The van der Waals surface area contributed by atoms with Crippen molar-refractivity contribution in [3.63, 3.8) is 0 Å². The number of carbonyl (C=O) groups excluding carboxylic acids is 1. The minimum absolute atomic E-state index is 0.279. The van der Waals surface area contributed by atoms with E-state index in [4.69, 9.17) is 37.4 Å². The second-order valence-electron chi connectivity index (χ2n) is 8.03. The summed E-state index contributed by atoms with van der Waals surface area (Å²) in [7, 11) is 1.56. The normalized spacial score (nSPS) is 14.8. The Kier molecular flexibility index (Phi) is 7.83. The second kappa shape index (κ2) is 11.0. The molecule has 184 valence electrons. The van der Waals surface area contributed by atoms with Crippen LogP contribution in [0.1, 0.15) is 43.9 Å². The van der Waals surface area contributed by atoms with Gasteiger partial charge in [-0.25, -0.2) is 9.48 Å². The molecule has 0 radical (unpaired) electrons. The average molecular weight is 517 g/mol. The molecule has 0 saturated carbocycles. The van der Waals surface area contributed by atoms with E-state index in [1.807, 2.05) is 32.0 Å². The molecule has 0 amide bonds. The lowest BCUT2D eigenvalue weighted by atomic mass is 9.95. The van der Waals surface area contributed by atoms with E-state index in [0.29, 0.717) is 45.4 Å². The average Bonchev–Trinajstić information content (AvgIpc) is 3.32. The molecule has 8 nitrogen and oxygen atoms in total. The summed E-state index contributed by atoms with van der Waals surface area (Å²) in [5.74, 6) is 1.20. The van der Waals surface area contributed by atoms with E-state index in [2.05, 4.69) is 15.4 Å². The van der Waals surface area contributed by atoms with Crippen molar-refractivity contribution in [3.05, 3.63) is 75.2 Å². The van der Waals surface area contributed by atoms with Gasteiger partial charge in [-0.2, -0.15) is 10.1 Å². The molecule has 0 saturated heterocycles. The lowest BCUT2D eigenvalue weighted by Gasteiger charge is -2.28. The number of ether oxygens (including phenoxy) is 3. The summed E-state index contributed by atoms with van der Waals surface area (Å²) in [5.41, 5.74) is 2.77. The number of unbranched alkanes of at least 4 members (excludes halogenated alkanes) is 1. The number of anilines is 1. The minimum Gasteiger partial charge on any atom is -0.493 e. The summed E-state index contributed by atoms with van der Waals surface area (Å²) >= 11 is 12.1. The molecular formula is C25H26Cl2N4O4. The van der Waals surface area contributed by atoms with Gasteiger partial charge in [-0.15, -0.1) is 0 Å². The van der Waals surface area contributed by atoms with E-state index in [9.17, 15) is 4.79 Å². The minimum atomic E-state index is -0.541. The monoisotopic (exact) mass is 516 g/mol. The van der Waals surface area contributed by atoms with Crippen LogP contribution < -0.4 is 14.8 Å². The Morgan fingerprint density at radius 1 is 1.14 bits per heavy atom. The van der Waals surface area contributed by atoms with Crippen LogP contribution in [0.3, 0.4) is 0 Å². The highest BCUT2D eigenvalue weighted by atomic mass is 35.5. The van der Waals surface area contributed by atoms with Crippen molar-refractivity contribution in [3.8, 4) is 11.5 Å². The molecule has 1 atom stereocenters. The van der Waals surface area contributed by atoms with Gasteiger partial charge in [0.2, 0.25) is 5.95 Å². The Labute approximate surface area is 213 Å². The number of aromatic nitrogens is 3. The first-order chi connectivity index (χ1) is 16.9. The molecule has 2 aromatic carbocycles. The molecule has 0 bridgehead atoms. The van der Waals surface area contributed by atoms with Gasteiger partial charge in [-0.3, -0.25) is 0 Å². The number of rotatable bonds is 9. The number of nitrogens with zero attached hydrogens (tertiary/aromatic N) is 3. The third-order valence-corrected chi connectivity index (χ3v) is 6.37. The molecular weight excluding hydrogens is 491 g/mol. The highest BCUT2D eigenvalue weighted by molar-refractivity contribution is 6.42. The molecule has 35 heavy (non-hydrogen) atoms. The number of carbonyl (C=O) groups is 1. The Hall–Kier alpha value is -3.23. The standard InChI is InChI=1S/C25H26Cl2N4O4/c1-4-5-10-34-24(32)22-15(2)30-25-28-14-29-31(25)23(22)17-7-9-20(21(12-17)33-3)35-13-16-6-8-18(26)19(27)11-16/h6-9,11-12,14,23H,4-5,10,13H2,1-3H3,(H,28,29,30). The maximum atomic E-state index is 13.1. The van der Waals surface area contributed by atoms with Crippen molar-refractivity contribution in [1.29, 1.82) is 0 Å². The molecule has 0 spiro atoms. The summed E-state index contributed by atoms with van der Waals surface area (Å²) in [6.07, 6.45) is 3.17. The number of halogens is 2. The number of hydrogen-bond acceptors (Lipinski definition) is 7. The fraction of sp³-hybridized carbons (Fsp3) is 0.320. The SMILES string of the molecule is CCCCOC(=O)C1=C(C)Nc2ncnn2C1c1ccc(OCc2ccc(Cl)c(Cl)c2)c(OC)c1. The number of methoxy groups -OCH3 is 1. The Bertz CT molecular complexity index is 1260. The zero-order valence-corrected chi connectivity index (χ0v) is 21.2. The van der Waals surface area contributed by atoms with Crippen LogP contribution in [-0.2, 0) is 16.1 Å². The van der Waals surface area contributed by atoms with Crippen LogP contribution in [0.2, 0.25) is 10.0 Å². The molecule has 1 aromatic heterocycles. The molecule has 10 heteroatoms. The van der Waals surface area contributed by atoms with Gasteiger partial charge in [0.05, 0.1) is 29.3 Å². The number of hydrogen-bond donors (Lipinski definition) is 1. The van der Waals surface area contributed by atoms with Gasteiger partial charge < -0.3 is 19.5 Å². The number of benzene rings is 2. The maximum Gasteiger partial charge on any atom is 0.338 e. The fourth-order valence-electron chi connectivity index (χ4n) is 3.81. The van der Waals surface area contributed by atoms with Crippen LogP contribution in [0.4, 0.5) is 5.95 Å². The fourth-order valence-corrected chi connectivity index (χ4v) is 4.14. The van der Waals surface area contributed by atoms with E-state index >= 15 is 0 Å². The van der Waals surface area contributed by atoms with E-state index in [1.54, 1.807) is 30.0 Å². The molecule has 3 aromatic rings. The third kappa shape index (κ3) is 5.39. The first kappa shape index (κ1) is 24.9. The van der Waals surface area contributed by atoms with Crippen molar-refractivity contribution in [1.82, 2.24) is 14.8 Å². The molecule has 1 aliphatic rings. The summed E-state index contributed by atoms with van der Waals surface area (Å²) in [6, 6.07) is 10.3. The predicted molar refractivity (Wildman–Crippen MR) is 134 cm³/mol. The van der Waals surface area contributed by atoms with E-state index in [-0.39, 0.29) is 6.61 Å². The van der Waals surface area contributed by atoms with Crippen molar-refractivity contribution in [2.45, 2.75) is 39.3 Å². The molecule has 0 aliphatic carbocycles. The first-order valence-corrected chi connectivity index (χ1v) is 12.0. The first-order valence-electron chi connectivity index (χ1n) is 11.2. The second-order valence-corrected chi connectivity index (χ2v) is 8.85. The number of allylic oxidation sites excluding steroid dienone is 1. The highest BCUT2D eigenvalue weighted by Gasteiger charge is 2.34. The van der Waals surface area contributed by atoms with Crippen LogP contribution in [0.15, 0.2) is 54.0 Å². The van der Waals surface area contributed by atoms with Crippen LogP contribution in [0.5, 0.6) is 11.5 Å². The number of nitrogens with one attached hydrogen (secondary N) is 1. The molecule has 1 aliphatic heterocycles. The molecule has 4 rings (SSSR count). The maximum absolute atomic E-state index is 13.1. The van der Waals surface area contributed by atoms with Crippen LogP contribution in [0.25, 0.3) is 0 Å². The predicted octanol–water partition coefficient (Wildman–Crippen LogP) is 5.80. The summed E-state index contributed by atoms with van der Waals surface area (Å²) < 4.78 is 18.8. The highest BCUT2D eigenvalue weighted by Crippen LogP contribution is 2.39. The Morgan fingerprint density at radius 3 is 2.71 bits per heavy atom. The van der Waals surface area contributed by atoms with Gasteiger partial charge in [0.25, 0.3) is 0 Å². The lowest BCUT2D eigenvalue weighted by Crippen LogP contribution is -2.29. The van der Waals surface area contributed by atoms with E-state index in [0.717, 1.165) is 24.0 Å². The smallest absolute Gasteiger partial charge is 0.338 e. The Morgan fingerprint density at radius 2 is 1.97 bits per heavy atom. The van der Waals surface area contributed by atoms with E-state index in [1.165, 1.54) is 6.33 Å². The molecule has 2 heterocycles. The van der Waals surface area contributed by atoms with Crippen molar-refractivity contribution in [2.75, 3.05) is 19.0 Å². The van der Waals surface area contributed by atoms with Crippen LogP contribution >= 0.6 is 23.2 Å². The zero-order chi connectivity index (χ0) is 24.9. The molecule has 0 fully saturated rings. The van der Waals surface area contributed by atoms with Gasteiger partial charge in [0.1, 0.15) is 19.0 Å². The third-order valence-electron chi connectivity index (χ3n) is 5.63. The topological polar surface area (TPSA) is 87.5 Å². The lowest BCUT2D eigenvalue weighted by molar-refractivity contribution is -0.139. The van der Waals surface area contributed by atoms with Gasteiger partial charge in [-0.1, -0.05) is 48.7 Å². The number of esters is 1. The van der Waals surface area contributed by atoms with Gasteiger partial charge in [0, 0.05) is 5.70 Å².